The molecule has 0 saturated carbocycles. The van der Waals surface area contributed by atoms with Crippen LogP contribution in [0.5, 0.6) is 0 Å². The van der Waals surface area contributed by atoms with Crippen molar-refractivity contribution in [2.45, 2.75) is 26.3 Å². The minimum atomic E-state index is 0.122. The maximum atomic E-state index is 11.6. The van der Waals surface area contributed by atoms with Gasteiger partial charge in [0.05, 0.1) is 0 Å². The van der Waals surface area contributed by atoms with Crippen molar-refractivity contribution in [3.63, 3.8) is 0 Å². The van der Waals surface area contributed by atoms with Gasteiger partial charge < -0.3 is 10.2 Å². The number of hydrogen-bond acceptors (Lipinski definition) is 2. The zero-order chi connectivity index (χ0) is 15.7. The molecule has 3 heteroatoms. The summed E-state index contributed by atoms with van der Waals surface area (Å²) in [5.41, 5.74) is 6.06. The number of rotatable bonds is 3. The lowest BCUT2D eigenvalue weighted by molar-refractivity contribution is -0.116. The molecule has 3 nitrogen and oxygen atoms in total. The molecule has 1 aliphatic rings. The topological polar surface area (TPSA) is 32.3 Å². The van der Waals surface area contributed by atoms with Crippen molar-refractivity contribution in [3.8, 4) is 11.1 Å². The molecule has 2 aromatic rings. The number of nitrogens with one attached hydrogen (secondary N) is 1. The Bertz CT molecular complexity index is 708. The minimum Gasteiger partial charge on any atom is -0.313 e. The molecule has 1 aliphatic heterocycles. The van der Waals surface area contributed by atoms with Gasteiger partial charge in [-0.2, -0.15) is 0 Å². The van der Waals surface area contributed by atoms with Crippen molar-refractivity contribution in [2.75, 3.05) is 18.5 Å². The SMILES string of the molecule is CNC(C)c1cccc(-c2ccc3c(c2)CCN3C(C)=O)c1. The number of carbonyl (C=O) groups is 1. The fourth-order valence-corrected chi connectivity index (χ4v) is 3.06. The molecule has 1 unspecified atom stereocenters. The van der Waals surface area contributed by atoms with E-state index in [0.29, 0.717) is 6.04 Å². The highest BCUT2D eigenvalue weighted by Gasteiger charge is 2.22. The molecule has 0 saturated heterocycles. The molecule has 22 heavy (non-hydrogen) atoms. The van der Waals surface area contributed by atoms with Crippen LogP contribution in [0.1, 0.15) is 31.0 Å². The Labute approximate surface area is 132 Å². The van der Waals surface area contributed by atoms with Gasteiger partial charge in [-0.25, -0.2) is 0 Å². The lowest BCUT2D eigenvalue weighted by Crippen LogP contribution is -2.25. The van der Waals surface area contributed by atoms with Crippen molar-refractivity contribution in [1.29, 1.82) is 0 Å². The van der Waals surface area contributed by atoms with Crippen LogP contribution in [0, 0.1) is 0 Å². The molecule has 0 aliphatic carbocycles. The van der Waals surface area contributed by atoms with Gasteiger partial charge in [0.25, 0.3) is 0 Å². The second-order valence-electron chi connectivity index (χ2n) is 5.90. The van der Waals surface area contributed by atoms with E-state index in [2.05, 4.69) is 54.7 Å². The van der Waals surface area contributed by atoms with E-state index in [-0.39, 0.29) is 5.91 Å². The molecule has 0 radical (unpaired) electrons. The van der Waals surface area contributed by atoms with Crippen LogP contribution in [0.25, 0.3) is 11.1 Å². The summed E-state index contributed by atoms with van der Waals surface area (Å²) in [4.78, 5) is 13.5. The molecule has 0 fully saturated rings. The maximum absolute atomic E-state index is 11.6. The first-order valence-electron chi connectivity index (χ1n) is 7.79. The summed E-state index contributed by atoms with van der Waals surface area (Å²) in [7, 11) is 1.98. The molecule has 0 spiro atoms. The Balaban J connectivity index is 1.96. The second-order valence-corrected chi connectivity index (χ2v) is 5.90. The van der Waals surface area contributed by atoms with Crippen LogP contribution in [0.3, 0.4) is 0 Å². The number of fused-ring (bicyclic) bond motifs is 1. The zero-order valence-electron chi connectivity index (χ0n) is 13.4. The average Bonchev–Trinajstić information content (AvgIpc) is 2.97. The van der Waals surface area contributed by atoms with Gasteiger partial charge >= 0.3 is 0 Å². The first-order valence-corrected chi connectivity index (χ1v) is 7.79. The van der Waals surface area contributed by atoms with Crippen molar-refractivity contribution in [2.24, 2.45) is 0 Å². The van der Waals surface area contributed by atoms with Crippen LogP contribution in [0.15, 0.2) is 42.5 Å². The summed E-state index contributed by atoms with van der Waals surface area (Å²) in [6.07, 6.45) is 0.940. The zero-order valence-corrected chi connectivity index (χ0v) is 13.4. The van der Waals surface area contributed by atoms with Gasteiger partial charge in [-0.3, -0.25) is 4.79 Å². The number of benzene rings is 2. The highest BCUT2D eigenvalue weighted by molar-refractivity contribution is 5.94. The average molecular weight is 294 g/mol. The normalized spacial score (nSPS) is 14.8. The minimum absolute atomic E-state index is 0.122. The van der Waals surface area contributed by atoms with Gasteiger partial charge in [0.2, 0.25) is 5.91 Å². The lowest BCUT2D eigenvalue weighted by Gasteiger charge is -2.15. The van der Waals surface area contributed by atoms with E-state index < -0.39 is 0 Å². The van der Waals surface area contributed by atoms with E-state index in [9.17, 15) is 4.79 Å². The summed E-state index contributed by atoms with van der Waals surface area (Å²) >= 11 is 0. The molecule has 114 valence electrons. The highest BCUT2D eigenvalue weighted by atomic mass is 16.2. The molecular weight excluding hydrogens is 272 g/mol. The van der Waals surface area contributed by atoms with E-state index in [1.807, 2.05) is 11.9 Å². The second kappa shape index (κ2) is 5.93. The Hall–Kier alpha value is -2.13. The third-order valence-electron chi connectivity index (χ3n) is 4.51. The van der Waals surface area contributed by atoms with Crippen LogP contribution >= 0.6 is 0 Å². The predicted octanol–water partition coefficient (Wildman–Crippen LogP) is 3.54. The molecular formula is C19H22N2O. The van der Waals surface area contributed by atoms with Gasteiger partial charge in [-0.15, -0.1) is 0 Å². The summed E-state index contributed by atoms with van der Waals surface area (Å²) in [6.45, 7) is 4.59. The number of anilines is 1. The van der Waals surface area contributed by atoms with Crippen LogP contribution < -0.4 is 10.2 Å². The smallest absolute Gasteiger partial charge is 0.223 e. The van der Waals surface area contributed by atoms with E-state index in [0.717, 1.165) is 18.7 Å². The predicted molar refractivity (Wildman–Crippen MR) is 91.1 cm³/mol. The monoisotopic (exact) mass is 294 g/mol. The summed E-state index contributed by atoms with van der Waals surface area (Å²) in [6, 6.07) is 15.4. The molecule has 1 heterocycles. The van der Waals surface area contributed by atoms with Gasteiger partial charge in [0.1, 0.15) is 0 Å². The standard InChI is InChI=1S/C19H22N2O/c1-13(20-3)15-5-4-6-16(11-15)17-7-8-19-18(12-17)9-10-21(19)14(2)22/h4-8,11-13,20H,9-10H2,1-3H3. The Morgan fingerprint density at radius 3 is 2.68 bits per heavy atom. The van der Waals surface area contributed by atoms with E-state index in [4.69, 9.17) is 0 Å². The fourth-order valence-electron chi connectivity index (χ4n) is 3.06. The lowest BCUT2D eigenvalue weighted by atomic mass is 9.98. The molecule has 0 aromatic heterocycles. The van der Waals surface area contributed by atoms with Gasteiger partial charge in [0.15, 0.2) is 0 Å². The first-order chi connectivity index (χ1) is 10.6. The van der Waals surface area contributed by atoms with Crippen molar-refractivity contribution < 1.29 is 4.79 Å². The number of nitrogens with zero attached hydrogens (tertiary/aromatic N) is 1. The van der Waals surface area contributed by atoms with E-state index >= 15 is 0 Å². The Morgan fingerprint density at radius 1 is 1.18 bits per heavy atom. The van der Waals surface area contributed by atoms with E-state index in [1.54, 1.807) is 6.92 Å². The van der Waals surface area contributed by atoms with Gasteiger partial charge in [0, 0.05) is 25.2 Å². The van der Waals surface area contributed by atoms with Crippen LogP contribution in [0.4, 0.5) is 5.69 Å². The molecule has 0 bridgehead atoms. The number of carbonyl (C=O) groups excluding carboxylic acids is 1. The Kier molecular flexibility index (Phi) is 3.99. The quantitative estimate of drug-likeness (QED) is 0.939. The fraction of sp³-hybridized carbons (Fsp3) is 0.316. The third-order valence-corrected chi connectivity index (χ3v) is 4.51. The maximum Gasteiger partial charge on any atom is 0.223 e. The molecule has 2 aromatic carbocycles. The van der Waals surface area contributed by atoms with Crippen LogP contribution in [-0.2, 0) is 11.2 Å². The number of amides is 1. The summed E-state index contributed by atoms with van der Waals surface area (Å²) in [5.74, 6) is 0.122. The highest BCUT2D eigenvalue weighted by Crippen LogP contribution is 2.33. The van der Waals surface area contributed by atoms with Crippen LogP contribution in [0.2, 0.25) is 0 Å². The van der Waals surface area contributed by atoms with Crippen molar-refractivity contribution in [3.05, 3.63) is 53.6 Å². The van der Waals surface area contributed by atoms with Crippen molar-refractivity contribution in [1.82, 2.24) is 5.32 Å². The third kappa shape index (κ3) is 2.64. The largest absolute Gasteiger partial charge is 0.313 e. The Morgan fingerprint density at radius 2 is 1.95 bits per heavy atom. The number of hydrogen-bond donors (Lipinski definition) is 1. The molecule has 1 amide bonds. The first kappa shape index (κ1) is 14.8. The van der Waals surface area contributed by atoms with Gasteiger partial charge in [-0.05, 0) is 60.8 Å². The van der Waals surface area contributed by atoms with Crippen molar-refractivity contribution >= 4 is 11.6 Å². The molecule has 1 atom stereocenters. The van der Waals surface area contributed by atoms with Crippen LogP contribution in [-0.4, -0.2) is 19.5 Å². The molecule has 3 rings (SSSR count). The van der Waals surface area contributed by atoms with Gasteiger partial charge in [-0.1, -0.05) is 24.3 Å². The summed E-state index contributed by atoms with van der Waals surface area (Å²) in [5, 5.41) is 3.28. The van der Waals surface area contributed by atoms with E-state index in [1.165, 1.54) is 22.3 Å². The summed E-state index contributed by atoms with van der Waals surface area (Å²) < 4.78 is 0. The molecule has 1 N–H and O–H groups in total.